The Morgan fingerprint density at radius 2 is 2.27 bits per heavy atom. The summed E-state index contributed by atoms with van der Waals surface area (Å²) in [5, 5.41) is 9.29. The number of aromatic nitrogens is 2. The van der Waals surface area contributed by atoms with Gasteiger partial charge in [-0.25, -0.2) is 4.98 Å². The predicted molar refractivity (Wildman–Crippen MR) is 45.5 cm³/mol. The van der Waals surface area contributed by atoms with Gasteiger partial charge in [-0.3, -0.25) is 0 Å². The molecule has 11 heavy (non-hydrogen) atoms. The third-order valence-corrected chi connectivity index (χ3v) is 2.15. The van der Waals surface area contributed by atoms with Crippen molar-refractivity contribution in [2.45, 2.75) is 0 Å². The molecule has 1 aromatic heterocycles. The molecule has 1 aromatic carbocycles. The molecule has 0 aliphatic heterocycles. The fourth-order valence-corrected chi connectivity index (χ4v) is 1.42. The molecule has 0 aliphatic rings. The van der Waals surface area contributed by atoms with Crippen LogP contribution in [0.4, 0.5) is 0 Å². The number of phenolic OH excluding ortho intramolecular Hbond substituents is 1. The largest absolute Gasteiger partial charge is 0.506 e. The Balaban J connectivity index is 2.96. The highest BCUT2D eigenvalue weighted by Gasteiger charge is 2.03. The van der Waals surface area contributed by atoms with Crippen LogP contribution in [0.3, 0.4) is 0 Å². The summed E-state index contributed by atoms with van der Waals surface area (Å²) in [5.74, 6) is 0.223. The SMILES string of the molecule is Oc1ccc(Br)c2nc[nH]c12. The topological polar surface area (TPSA) is 48.9 Å². The minimum Gasteiger partial charge on any atom is -0.506 e. The number of rotatable bonds is 0. The number of halogens is 1. The molecule has 0 fully saturated rings. The number of H-pyrrole nitrogens is 1. The highest BCUT2D eigenvalue weighted by Crippen LogP contribution is 2.27. The van der Waals surface area contributed by atoms with Crippen molar-refractivity contribution in [2.75, 3.05) is 0 Å². The number of hydrogen-bond acceptors (Lipinski definition) is 2. The van der Waals surface area contributed by atoms with Gasteiger partial charge in [0.1, 0.15) is 16.8 Å². The third kappa shape index (κ3) is 0.903. The van der Waals surface area contributed by atoms with Crippen molar-refractivity contribution in [1.29, 1.82) is 0 Å². The average molecular weight is 213 g/mol. The maximum atomic E-state index is 9.29. The van der Waals surface area contributed by atoms with Crippen LogP contribution in [-0.4, -0.2) is 15.1 Å². The van der Waals surface area contributed by atoms with Crippen LogP contribution in [0.2, 0.25) is 0 Å². The van der Waals surface area contributed by atoms with Crippen molar-refractivity contribution >= 4 is 27.0 Å². The highest BCUT2D eigenvalue weighted by atomic mass is 79.9. The number of fused-ring (bicyclic) bond motifs is 1. The van der Waals surface area contributed by atoms with E-state index in [-0.39, 0.29) is 5.75 Å². The van der Waals surface area contributed by atoms with E-state index in [0.717, 1.165) is 9.99 Å². The van der Waals surface area contributed by atoms with Crippen LogP contribution < -0.4 is 0 Å². The second-order valence-electron chi connectivity index (χ2n) is 2.19. The van der Waals surface area contributed by atoms with Gasteiger partial charge in [0.25, 0.3) is 0 Å². The first-order valence-electron chi connectivity index (χ1n) is 3.09. The van der Waals surface area contributed by atoms with Crippen LogP contribution >= 0.6 is 15.9 Å². The van der Waals surface area contributed by atoms with Crippen molar-refractivity contribution in [2.24, 2.45) is 0 Å². The van der Waals surface area contributed by atoms with Gasteiger partial charge in [-0.15, -0.1) is 0 Å². The van der Waals surface area contributed by atoms with Gasteiger partial charge in [-0.1, -0.05) is 0 Å². The maximum Gasteiger partial charge on any atom is 0.141 e. The lowest BCUT2D eigenvalue weighted by Gasteiger charge is -1.94. The number of hydrogen-bond donors (Lipinski definition) is 2. The molecule has 0 saturated carbocycles. The molecule has 3 nitrogen and oxygen atoms in total. The molecule has 2 N–H and O–H groups in total. The number of phenols is 1. The summed E-state index contributed by atoms with van der Waals surface area (Å²) in [6.07, 6.45) is 1.55. The first-order valence-corrected chi connectivity index (χ1v) is 3.89. The van der Waals surface area contributed by atoms with Gasteiger partial charge in [0.05, 0.1) is 6.33 Å². The van der Waals surface area contributed by atoms with Crippen LogP contribution in [0.25, 0.3) is 11.0 Å². The normalized spacial score (nSPS) is 10.6. The number of nitrogens with zero attached hydrogens (tertiary/aromatic N) is 1. The van der Waals surface area contributed by atoms with Gasteiger partial charge in [0.15, 0.2) is 0 Å². The van der Waals surface area contributed by atoms with Crippen LogP contribution in [-0.2, 0) is 0 Å². The Hall–Kier alpha value is -1.03. The van der Waals surface area contributed by atoms with E-state index in [1.807, 2.05) is 0 Å². The van der Waals surface area contributed by atoms with E-state index >= 15 is 0 Å². The van der Waals surface area contributed by atoms with Crippen LogP contribution in [0.15, 0.2) is 22.9 Å². The van der Waals surface area contributed by atoms with E-state index in [9.17, 15) is 5.11 Å². The number of imidazole rings is 1. The molecular formula is C7H5BrN2O. The Labute approximate surface area is 71.2 Å². The molecule has 2 aromatic rings. The van der Waals surface area contributed by atoms with Crippen LogP contribution in [0.1, 0.15) is 0 Å². The van der Waals surface area contributed by atoms with E-state index < -0.39 is 0 Å². The molecule has 2 rings (SSSR count). The monoisotopic (exact) mass is 212 g/mol. The first kappa shape index (κ1) is 6.67. The standard InChI is InChI=1S/C7H5BrN2O/c8-4-1-2-5(11)7-6(4)9-3-10-7/h1-3,11H,(H,9,10). The summed E-state index contributed by atoms with van der Waals surface area (Å²) in [6.45, 7) is 0. The lowest BCUT2D eigenvalue weighted by Crippen LogP contribution is -1.72. The minimum absolute atomic E-state index is 0.223. The summed E-state index contributed by atoms with van der Waals surface area (Å²) >= 11 is 3.32. The van der Waals surface area contributed by atoms with Crippen LogP contribution in [0.5, 0.6) is 5.75 Å². The molecule has 0 amide bonds. The van der Waals surface area contributed by atoms with Gasteiger partial charge in [0, 0.05) is 4.47 Å². The minimum atomic E-state index is 0.223. The highest BCUT2D eigenvalue weighted by molar-refractivity contribution is 9.10. The van der Waals surface area contributed by atoms with Gasteiger partial charge >= 0.3 is 0 Å². The fourth-order valence-electron chi connectivity index (χ4n) is 0.985. The average Bonchev–Trinajstić information content (AvgIpc) is 2.45. The van der Waals surface area contributed by atoms with Crippen molar-refractivity contribution in [3.8, 4) is 5.75 Å². The fraction of sp³-hybridized carbons (Fsp3) is 0. The van der Waals surface area contributed by atoms with E-state index in [1.165, 1.54) is 0 Å². The van der Waals surface area contributed by atoms with Gasteiger partial charge in [-0.05, 0) is 28.1 Å². The van der Waals surface area contributed by atoms with Gasteiger partial charge in [0.2, 0.25) is 0 Å². The summed E-state index contributed by atoms with van der Waals surface area (Å²) < 4.78 is 0.881. The molecule has 4 heteroatoms. The summed E-state index contributed by atoms with van der Waals surface area (Å²) in [7, 11) is 0. The Morgan fingerprint density at radius 1 is 1.45 bits per heavy atom. The maximum absolute atomic E-state index is 9.29. The smallest absolute Gasteiger partial charge is 0.141 e. The Bertz CT molecular complexity index is 360. The van der Waals surface area contributed by atoms with E-state index in [1.54, 1.807) is 18.5 Å². The Kier molecular flexibility index (Phi) is 1.35. The lowest BCUT2D eigenvalue weighted by atomic mass is 10.3. The van der Waals surface area contributed by atoms with Gasteiger partial charge < -0.3 is 10.1 Å². The lowest BCUT2D eigenvalue weighted by molar-refractivity contribution is 0.480. The van der Waals surface area contributed by atoms with Gasteiger partial charge in [-0.2, -0.15) is 0 Å². The second-order valence-corrected chi connectivity index (χ2v) is 3.05. The molecule has 0 aliphatic carbocycles. The summed E-state index contributed by atoms with van der Waals surface area (Å²) in [5.41, 5.74) is 1.42. The third-order valence-electron chi connectivity index (χ3n) is 1.51. The molecule has 0 unspecified atom stereocenters. The number of benzene rings is 1. The van der Waals surface area contributed by atoms with Crippen molar-refractivity contribution in [3.05, 3.63) is 22.9 Å². The number of aromatic amines is 1. The van der Waals surface area contributed by atoms with E-state index in [4.69, 9.17) is 0 Å². The van der Waals surface area contributed by atoms with Crippen molar-refractivity contribution in [3.63, 3.8) is 0 Å². The van der Waals surface area contributed by atoms with Crippen molar-refractivity contribution < 1.29 is 5.11 Å². The zero-order valence-corrected chi connectivity index (χ0v) is 7.09. The zero-order chi connectivity index (χ0) is 7.84. The van der Waals surface area contributed by atoms with E-state index in [2.05, 4.69) is 25.9 Å². The van der Waals surface area contributed by atoms with Crippen molar-refractivity contribution in [1.82, 2.24) is 9.97 Å². The molecule has 0 saturated heterocycles. The molecule has 0 spiro atoms. The predicted octanol–water partition coefficient (Wildman–Crippen LogP) is 2.03. The number of aromatic hydroxyl groups is 1. The first-order chi connectivity index (χ1) is 5.29. The molecule has 1 heterocycles. The molecule has 56 valence electrons. The summed E-state index contributed by atoms with van der Waals surface area (Å²) in [4.78, 5) is 6.85. The molecule has 0 atom stereocenters. The zero-order valence-electron chi connectivity index (χ0n) is 5.50. The quantitative estimate of drug-likeness (QED) is 0.703. The molecule has 0 radical (unpaired) electrons. The second kappa shape index (κ2) is 2.23. The molecular weight excluding hydrogens is 208 g/mol. The Morgan fingerprint density at radius 3 is 3.00 bits per heavy atom. The van der Waals surface area contributed by atoms with E-state index in [0.29, 0.717) is 5.52 Å². The van der Waals surface area contributed by atoms with Crippen LogP contribution in [0, 0.1) is 0 Å². The molecule has 0 bridgehead atoms. The summed E-state index contributed by atoms with van der Waals surface area (Å²) in [6, 6.07) is 3.38. The number of nitrogens with one attached hydrogen (secondary N) is 1.